The van der Waals surface area contributed by atoms with E-state index < -0.39 is 11.9 Å². The molecule has 0 aromatic heterocycles. The first-order chi connectivity index (χ1) is 10.9. The van der Waals surface area contributed by atoms with Crippen LogP contribution in [-0.2, 0) is 14.3 Å². The lowest BCUT2D eigenvalue weighted by molar-refractivity contribution is -0.152. The number of carbonyl (C=O) groups excluding carboxylic acids is 2. The Kier molecular flexibility index (Phi) is 8.36. The zero-order valence-electron chi connectivity index (χ0n) is 12.4. The summed E-state index contributed by atoms with van der Waals surface area (Å²) in [6, 6.07) is 14.5. The Morgan fingerprint density at radius 3 is 2.17 bits per heavy atom. The fourth-order valence-electron chi connectivity index (χ4n) is 1.45. The van der Waals surface area contributed by atoms with Crippen LogP contribution in [0, 0.1) is 0 Å². The lowest BCUT2D eigenvalue weighted by atomic mass is 10.3. The van der Waals surface area contributed by atoms with Crippen LogP contribution >= 0.6 is 31.9 Å². The van der Waals surface area contributed by atoms with Crippen molar-refractivity contribution in [1.29, 1.82) is 0 Å². The third kappa shape index (κ3) is 7.80. The Morgan fingerprint density at radius 1 is 1.09 bits per heavy atom. The summed E-state index contributed by atoms with van der Waals surface area (Å²) in [6.45, 7) is 1.83. The molecule has 0 aliphatic heterocycles. The van der Waals surface area contributed by atoms with Gasteiger partial charge in [-0.1, -0.05) is 44.0 Å². The molecule has 2 aromatic rings. The van der Waals surface area contributed by atoms with Gasteiger partial charge < -0.3 is 15.8 Å². The highest BCUT2D eigenvalue weighted by molar-refractivity contribution is 9.10. The van der Waals surface area contributed by atoms with Gasteiger partial charge in [-0.15, -0.1) is 0 Å². The molecule has 5 nitrogen and oxygen atoms in total. The van der Waals surface area contributed by atoms with Crippen LogP contribution in [0.2, 0.25) is 0 Å². The average Bonchev–Trinajstić information content (AvgIpc) is 2.48. The van der Waals surface area contributed by atoms with Crippen molar-refractivity contribution in [2.45, 2.75) is 6.92 Å². The Bertz CT molecular complexity index is 661. The zero-order chi connectivity index (χ0) is 17.2. The highest BCUT2D eigenvalue weighted by atomic mass is 79.9. The Hall–Kier alpha value is -1.86. The molecule has 2 aromatic carbocycles. The van der Waals surface area contributed by atoms with Crippen molar-refractivity contribution in [3.05, 3.63) is 57.5 Å². The van der Waals surface area contributed by atoms with E-state index >= 15 is 0 Å². The third-order valence-corrected chi connectivity index (χ3v) is 3.38. The van der Waals surface area contributed by atoms with Gasteiger partial charge in [-0.05, 0) is 43.3 Å². The molecule has 0 saturated heterocycles. The summed E-state index contributed by atoms with van der Waals surface area (Å²) in [6.07, 6.45) is 0. The van der Waals surface area contributed by atoms with E-state index in [1.165, 1.54) is 0 Å². The van der Waals surface area contributed by atoms with Crippen LogP contribution in [0.3, 0.4) is 0 Å². The van der Waals surface area contributed by atoms with Crippen LogP contribution in [0.5, 0.6) is 0 Å². The molecular formula is C16H16Br2N2O3. The van der Waals surface area contributed by atoms with Crippen molar-refractivity contribution < 1.29 is 14.3 Å². The largest absolute Gasteiger partial charge is 0.459 e. The molecule has 3 N–H and O–H groups in total. The van der Waals surface area contributed by atoms with E-state index in [0.717, 1.165) is 14.6 Å². The summed E-state index contributed by atoms with van der Waals surface area (Å²) < 4.78 is 6.39. The average molecular weight is 444 g/mol. The quantitative estimate of drug-likeness (QED) is 0.417. The Labute approximate surface area is 151 Å². The second kappa shape index (κ2) is 10.0. The number of esters is 1. The van der Waals surface area contributed by atoms with Gasteiger partial charge in [0.15, 0.2) is 0 Å². The van der Waals surface area contributed by atoms with Crippen LogP contribution in [0.4, 0.5) is 11.4 Å². The predicted molar refractivity (Wildman–Crippen MR) is 98.0 cm³/mol. The van der Waals surface area contributed by atoms with E-state index in [2.05, 4.69) is 41.9 Å². The number of ether oxygens (including phenoxy) is 1. The van der Waals surface area contributed by atoms with Crippen molar-refractivity contribution in [1.82, 2.24) is 0 Å². The van der Waals surface area contributed by atoms with Gasteiger partial charge in [0.25, 0.3) is 0 Å². The minimum absolute atomic E-state index is 0.185. The van der Waals surface area contributed by atoms with Crippen molar-refractivity contribution >= 4 is 55.1 Å². The molecule has 0 aliphatic carbocycles. The van der Waals surface area contributed by atoms with Gasteiger partial charge in [0.05, 0.1) is 6.61 Å². The minimum atomic E-state index is -0.877. The van der Waals surface area contributed by atoms with Gasteiger partial charge in [0.1, 0.15) is 0 Å². The lowest BCUT2D eigenvalue weighted by Crippen LogP contribution is -2.24. The van der Waals surface area contributed by atoms with Crippen molar-refractivity contribution in [3.8, 4) is 0 Å². The highest BCUT2D eigenvalue weighted by Crippen LogP contribution is 2.15. The SMILES string of the molecule is CCOC(=O)C(=O)Nc1cccc(Br)c1.Nc1cccc(Br)c1. The monoisotopic (exact) mass is 442 g/mol. The van der Waals surface area contributed by atoms with Gasteiger partial charge >= 0.3 is 11.9 Å². The maximum absolute atomic E-state index is 11.2. The fraction of sp³-hybridized carbons (Fsp3) is 0.125. The van der Waals surface area contributed by atoms with Gasteiger partial charge in [0.2, 0.25) is 0 Å². The number of halogens is 2. The molecule has 0 unspecified atom stereocenters. The van der Waals surface area contributed by atoms with E-state index in [0.29, 0.717) is 5.69 Å². The number of carbonyl (C=O) groups is 2. The molecule has 0 atom stereocenters. The summed E-state index contributed by atoms with van der Waals surface area (Å²) >= 11 is 6.53. The van der Waals surface area contributed by atoms with Gasteiger partial charge in [-0.25, -0.2) is 4.79 Å². The van der Waals surface area contributed by atoms with Crippen molar-refractivity contribution in [2.24, 2.45) is 0 Å². The number of nitrogen functional groups attached to an aromatic ring is 1. The van der Waals surface area contributed by atoms with Gasteiger partial charge in [0, 0.05) is 20.3 Å². The van der Waals surface area contributed by atoms with Crippen LogP contribution in [0.1, 0.15) is 6.92 Å². The number of benzene rings is 2. The van der Waals surface area contributed by atoms with E-state index in [1.54, 1.807) is 25.1 Å². The summed E-state index contributed by atoms with van der Waals surface area (Å²) in [5.74, 6) is -1.65. The molecule has 0 saturated carbocycles. The predicted octanol–water partition coefficient (Wildman–Crippen LogP) is 3.98. The van der Waals surface area contributed by atoms with E-state index in [9.17, 15) is 9.59 Å². The second-order valence-corrected chi connectivity index (χ2v) is 6.07. The molecule has 1 amide bonds. The lowest BCUT2D eigenvalue weighted by Gasteiger charge is -2.04. The van der Waals surface area contributed by atoms with Crippen LogP contribution in [0.25, 0.3) is 0 Å². The van der Waals surface area contributed by atoms with Crippen molar-refractivity contribution in [2.75, 3.05) is 17.7 Å². The summed E-state index contributed by atoms with van der Waals surface area (Å²) in [4.78, 5) is 22.2. The number of amides is 1. The molecule has 0 spiro atoms. The van der Waals surface area contributed by atoms with Crippen LogP contribution in [0.15, 0.2) is 57.5 Å². The van der Waals surface area contributed by atoms with Gasteiger partial charge in [-0.2, -0.15) is 0 Å². The van der Waals surface area contributed by atoms with Gasteiger partial charge in [-0.3, -0.25) is 4.79 Å². The number of rotatable bonds is 2. The maximum Gasteiger partial charge on any atom is 0.397 e. The third-order valence-electron chi connectivity index (χ3n) is 2.39. The first-order valence-electron chi connectivity index (χ1n) is 6.67. The highest BCUT2D eigenvalue weighted by Gasteiger charge is 2.14. The fourth-order valence-corrected chi connectivity index (χ4v) is 2.27. The molecule has 122 valence electrons. The smallest absolute Gasteiger partial charge is 0.397 e. The maximum atomic E-state index is 11.2. The molecule has 0 bridgehead atoms. The minimum Gasteiger partial charge on any atom is -0.459 e. The molecule has 23 heavy (non-hydrogen) atoms. The zero-order valence-corrected chi connectivity index (χ0v) is 15.6. The first-order valence-corrected chi connectivity index (χ1v) is 8.25. The number of anilines is 2. The molecule has 0 radical (unpaired) electrons. The van der Waals surface area contributed by atoms with Crippen LogP contribution in [-0.4, -0.2) is 18.5 Å². The normalized spacial score (nSPS) is 9.35. The summed E-state index contributed by atoms with van der Waals surface area (Å²) in [5.41, 5.74) is 6.76. The molecule has 7 heteroatoms. The number of nitrogens with two attached hydrogens (primary N) is 1. The molecule has 0 heterocycles. The first kappa shape index (κ1) is 19.2. The molecule has 2 rings (SSSR count). The summed E-state index contributed by atoms with van der Waals surface area (Å²) in [5, 5.41) is 2.42. The van der Waals surface area contributed by atoms with E-state index in [-0.39, 0.29) is 6.61 Å². The van der Waals surface area contributed by atoms with E-state index in [1.807, 2.05) is 30.3 Å². The van der Waals surface area contributed by atoms with E-state index in [4.69, 9.17) is 5.73 Å². The standard InChI is InChI=1S/C10H10BrNO3.C6H6BrN/c1-2-15-10(14)9(13)12-8-5-3-4-7(11)6-8;7-5-2-1-3-6(8)4-5/h3-6H,2H2,1H3,(H,12,13);1-4H,8H2. The Morgan fingerprint density at radius 2 is 1.70 bits per heavy atom. The topological polar surface area (TPSA) is 81.4 Å². The summed E-state index contributed by atoms with van der Waals surface area (Å²) in [7, 11) is 0. The molecule has 0 aliphatic rings. The number of nitrogens with one attached hydrogen (secondary N) is 1. The molecular weight excluding hydrogens is 428 g/mol. The Balaban J connectivity index is 0.000000277. The molecule has 0 fully saturated rings. The number of hydrogen-bond donors (Lipinski definition) is 2. The van der Waals surface area contributed by atoms with Crippen molar-refractivity contribution in [3.63, 3.8) is 0 Å². The number of hydrogen-bond acceptors (Lipinski definition) is 4. The van der Waals surface area contributed by atoms with Crippen LogP contribution < -0.4 is 11.1 Å². The second-order valence-electron chi connectivity index (χ2n) is 4.24.